The van der Waals surface area contributed by atoms with E-state index in [4.69, 9.17) is 0 Å². The van der Waals surface area contributed by atoms with E-state index in [1.807, 2.05) is 0 Å². The summed E-state index contributed by atoms with van der Waals surface area (Å²) in [7, 11) is 0. The molecule has 3 unspecified atom stereocenters. The van der Waals surface area contributed by atoms with Crippen molar-refractivity contribution in [3.8, 4) is 0 Å². The number of nitrogens with one attached hydrogen (secondary N) is 1. The predicted octanol–water partition coefficient (Wildman–Crippen LogP) is 18.8. The quantitative estimate of drug-likeness (QED) is 0.0361. The Morgan fingerprint density at radius 1 is 0.364 bits per heavy atom. The first kappa shape index (κ1) is 64.8. The Bertz CT molecular complexity index is 982. The molecule has 3 atom stereocenters. The van der Waals surface area contributed by atoms with Gasteiger partial charge in [-0.3, -0.25) is 4.79 Å². The molecular formula is C61H119NO4. The van der Waals surface area contributed by atoms with Gasteiger partial charge in [0, 0.05) is 0 Å². The highest BCUT2D eigenvalue weighted by atomic mass is 16.3. The van der Waals surface area contributed by atoms with Gasteiger partial charge in [-0.25, -0.2) is 0 Å². The number of aliphatic hydroxyl groups excluding tert-OH is 3. The fourth-order valence-electron chi connectivity index (χ4n) is 9.64. The predicted molar refractivity (Wildman–Crippen MR) is 292 cm³/mol. The van der Waals surface area contributed by atoms with E-state index >= 15 is 0 Å². The van der Waals surface area contributed by atoms with Gasteiger partial charge in [0.1, 0.15) is 6.10 Å². The topological polar surface area (TPSA) is 89.8 Å². The number of amides is 1. The highest BCUT2D eigenvalue weighted by Gasteiger charge is 2.23. The van der Waals surface area contributed by atoms with Crippen LogP contribution in [-0.2, 0) is 4.79 Å². The Labute approximate surface area is 413 Å². The van der Waals surface area contributed by atoms with Crippen LogP contribution in [0.1, 0.15) is 335 Å². The zero-order chi connectivity index (χ0) is 47.9. The number of aliphatic hydroxyl groups is 3. The Morgan fingerprint density at radius 3 is 0.909 bits per heavy atom. The van der Waals surface area contributed by atoms with Crippen LogP contribution < -0.4 is 5.32 Å². The molecule has 5 nitrogen and oxygen atoms in total. The monoisotopic (exact) mass is 930 g/mol. The van der Waals surface area contributed by atoms with Crippen molar-refractivity contribution in [1.82, 2.24) is 5.32 Å². The normalized spacial score (nSPS) is 13.3. The van der Waals surface area contributed by atoms with E-state index in [0.717, 1.165) is 38.5 Å². The molecular weight excluding hydrogens is 811 g/mol. The summed E-state index contributed by atoms with van der Waals surface area (Å²) in [4.78, 5) is 12.6. The highest BCUT2D eigenvalue weighted by molar-refractivity contribution is 5.80. The maximum absolute atomic E-state index is 12.6. The second-order valence-electron chi connectivity index (χ2n) is 20.9. The number of carbonyl (C=O) groups is 1. The van der Waals surface area contributed by atoms with E-state index in [2.05, 4.69) is 43.5 Å². The molecule has 0 aliphatic heterocycles. The third-order valence-corrected chi connectivity index (χ3v) is 14.3. The summed E-state index contributed by atoms with van der Waals surface area (Å²) in [5.74, 6) is -0.465. The summed E-state index contributed by atoms with van der Waals surface area (Å²) < 4.78 is 0. The van der Waals surface area contributed by atoms with Gasteiger partial charge < -0.3 is 20.6 Å². The van der Waals surface area contributed by atoms with E-state index in [9.17, 15) is 20.1 Å². The number of allylic oxidation sites excluding steroid dienone is 4. The molecule has 66 heavy (non-hydrogen) atoms. The number of hydrogen-bond acceptors (Lipinski definition) is 4. The van der Waals surface area contributed by atoms with Crippen LogP contribution in [0, 0.1) is 0 Å². The van der Waals surface area contributed by atoms with Gasteiger partial charge >= 0.3 is 0 Å². The van der Waals surface area contributed by atoms with Crippen molar-refractivity contribution in [3.05, 3.63) is 24.3 Å². The van der Waals surface area contributed by atoms with Crippen molar-refractivity contribution in [2.75, 3.05) is 6.61 Å². The second kappa shape index (κ2) is 56.4. The maximum atomic E-state index is 12.6. The number of unbranched alkanes of at least 4 members (excludes halogenated alkanes) is 44. The van der Waals surface area contributed by atoms with Crippen LogP contribution in [0.4, 0.5) is 0 Å². The van der Waals surface area contributed by atoms with Gasteiger partial charge in [0.2, 0.25) is 5.91 Å². The molecule has 0 aliphatic rings. The molecule has 0 saturated heterocycles. The smallest absolute Gasteiger partial charge is 0.249 e. The molecule has 0 aliphatic carbocycles. The number of carbonyl (C=O) groups excluding carboxylic acids is 1. The third kappa shape index (κ3) is 50.7. The van der Waals surface area contributed by atoms with Crippen molar-refractivity contribution in [2.24, 2.45) is 0 Å². The summed E-state index contributed by atoms with van der Waals surface area (Å²) in [5, 5.41) is 33.6. The fourth-order valence-corrected chi connectivity index (χ4v) is 9.64. The molecule has 0 fully saturated rings. The molecule has 5 heteroatoms. The summed E-state index contributed by atoms with van der Waals surface area (Å²) >= 11 is 0. The SMILES string of the molecule is CCCCCCCCCCCCC/C=C\C/C=C\CCCCCCCCCCCCCCCCCCC(O)C(=O)NC(CO)C(O)CCCCCCCCCCCCCCCCCCCC. The molecule has 0 aromatic carbocycles. The summed E-state index contributed by atoms with van der Waals surface area (Å²) in [6.45, 7) is 4.27. The Kier molecular flexibility index (Phi) is 55.4. The molecule has 0 saturated carbocycles. The largest absolute Gasteiger partial charge is 0.394 e. The minimum Gasteiger partial charge on any atom is -0.394 e. The summed E-state index contributed by atoms with van der Waals surface area (Å²) in [5.41, 5.74) is 0. The van der Waals surface area contributed by atoms with Crippen LogP contribution in [-0.4, -0.2) is 46.1 Å². The van der Waals surface area contributed by atoms with E-state index in [-0.39, 0.29) is 6.61 Å². The molecule has 1 amide bonds. The first-order valence-corrected chi connectivity index (χ1v) is 30.1. The highest BCUT2D eigenvalue weighted by Crippen LogP contribution is 2.18. The van der Waals surface area contributed by atoms with Crippen LogP contribution in [0.2, 0.25) is 0 Å². The lowest BCUT2D eigenvalue weighted by atomic mass is 10.0. The molecule has 4 N–H and O–H groups in total. The number of hydrogen-bond donors (Lipinski definition) is 4. The van der Waals surface area contributed by atoms with Crippen LogP contribution in [0.15, 0.2) is 24.3 Å². The van der Waals surface area contributed by atoms with Crippen LogP contribution >= 0.6 is 0 Å². The Morgan fingerprint density at radius 2 is 0.621 bits per heavy atom. The van der Waals surface area contributed by atoms with Crippen molar-refractivity contribution in [1.29, 1.82) is 0 Å². The standard InChI is InChI=1S/C61H119NO4/c1-3-5-7-9-11-13-15-17-19-21-23-24-25-26-27-28-29-30-31-32-33-34-35-36-37-38-40-42-44-46-48-50-52-54-56-60(65)61(66)62-58(57-63)59(64)55-53-51-49-47-45-43-41-39-22-20-18-16-14-12-10-8-6-4-2/h25-26,28-29,58-60,63-65H,3-24,27,30-57H2,1-2H3,(H,62,66)/b26-25-,29-28-. The lowest BCUT2D eigenvalue weighted by Crippen LogP contribution is -2.49. The minimum atomic E-state index is -1.07. The molecule has 0 radical (unpaired) electrons. The molecule has 0 bridgehead atoms. The molecule has 0 aromatic rings. The first-order chi connectivity index (χ1) is 32.6. The lowest BCUT2D eigenvalue weighted by molar-refractivity contribution is -0.131. The Hall–Kier alpha value is -1.17. The van der Waals surface area contributed by atoms with Gasteiger partial charge in [-0.2, -0.15) is 0 Å². The third-order valence-electron chi connectivity index (χ3n) is 14.3. The fraction of sp³-hybridized carbons (Fsp3) is 0.918. The zero-order valence-corrected chi connectivity index (χ0v) is 44.9. The lowest BCUT2D eigenvalue weighted by Gasteiger charge is -2.23. The van der Waals surface area contributed by atoms with Gasteiger partial charge in [-0.05, 0) is 44.9 Å². The van der Waals surface area contributed by atoms with Crippen LogP contribution in [0.25, 0.3) is 0 Å². The van der Waals surface area contributed by atoms with Crippen LogP contribution in [0.5, 0.6) is 0 Å². The molecule has 0 rings (SSSR count). The van der Waals surface area contributed by atoms with E-state index in [1.165, 1.54) is 270 Å². The zero-order valence-electron chi connectivity index (χ0n) is 44.9. The second-order valence-corrected chi connectivity index (χ2v) is 20.9. The molecule has 392 valence electrons. The summed E-state index contributed by atoms with van der Waals surface area (Å²) in [6, 6.07) is -0.711. The van der Waals surface area contributed by atoms with E-state index < -0.39 is 24.2 Å². The van der Waals surface area contributed by atoms with Crippen molar-refractivity contribution < 1.29 is 20.1 Å². The summed E-state index contributed by atoms with van der Waals surface area (Å²) in [6.07, 6.45) is 72.4. The van der Waals surface area contributed by atoms with Gasteiger partial charge in [-0.15, -0.1) is 0 Å². The maximum Gasteiger partial charge on any atom is 0.249 e. The van der Waals surface area contributed by atoms with E-state index in [1.54, 1.807) is 0 Å². The molecule has 0 aromatic heterocycles. The van der Waals surface area contributed by atoms with Gasteiger partial charge in [0.25, 0.3) is 0 Å². The van der Waals surface area contributed by atoms with Crippen molar-refractivity contribution in [2.45, 2.75) is 353 Å². The van der Waals surface area contributed by atoms with Gasteiger partial charge in [-0.1, -0.05) is 314 Å². The van der Waals surface area contributed by atoms with Crippen molar-refractivity contribution >= 4 is 5.91 Å². The number of rotatable bonds is 56. The van der Waals surface area contributed by atoms with Gasteiger partial charge in [0.15, 0.2) is 0 Å². The van der Waals surface area contributed by atoms with E-state index in [0.29, 0.717) is 12.8 Å². The van der Waals surface area contributed by atoms with Crippen molar-refractivity contribution in [3.63, 3.8) is 0 Å². The van der Waals surface area contributed by atoms with Gasteiger partial charge in [0.05, 0.1) is 18.8 Å². The average Bonchev–Trinajstić information content (AvgIpc) is 3.32. The molecule has 0 spiro atoms. The average molecular weight is 931 g/mol. The van der Waals surface area contributed by atoms with Crippen LogP contribution in [0.3, 0.4) is 0 Å². The Balaban J connectivity index is 3.48. The first-order valence-electron chi connectivity index (χ1n) is 30.1. The minimum absolute atomic E-state index is 0.310. The molecule has 0 heterocycles.